The van der Waals surface area contributed by atoms with E-state index in [0.717, 1.165) is 6.26 Å². The van der Waals surface area contributed by atoms with Gasteiger partial charge in [-0.15, -0.1) is 5.10 Å². The predicted octanol–water partition coefficient (Wildman–Crippen LogP) is 0.718. The van der Waals surface area contributed by atoms with Gasteiger partial charge in [0.05, 0.1) is 4.90 Å². The van der Waals surface area contributed by atoms with Crippen molar-refractivity contribution >= 4 is 21.5 Å². The molecule has 0 aliphatic rings. The second-order valence-corrected chi connectivity index (χ2v) is 5.98. The number of nitrogens with zero attached hydrogens (tertiary/aromatic N) is 2. The van der Waals surface area contributed by atoms with Crippen LogP contribution in [0.15, 0.2) is 33.6 Å². The van der Waals surface area contributed by atoms with E-state index in [-0.39, 0.29) is 10.9 Å². The number of hydrogen-bond acceptors (Lipinski definition) is 7. The van der Waals surface area contributed by atoms with E-state index < -0.39 is 9.84 Å². The third-order valence-corrected chi connectivity index (χ3v) is 3.49. The van der Waals surface area contributed by atoms with Crippen LogP contribution in [-0.4, -0.2) is 31.4 Å². The number of nitrogens with one attached hydrogen (secondary N) is 1. The van der Waals surface area contributed by atoms with Crippen LogP contribution in [0.1, 0.15) is 5.89 Å². The molecule has 2 rings (SSSR count). The Morgan fingerprint density at radius 3 is 2.53 bits per heavy atom. The molecule has 1 heterocycles. The van der Waals surface area contributed by atoms with Crippen molar-refractivity contribution in [1.29, 1.82) is 0 Å². The van der Waals surface area contributed by atoms with Gasteiger partial charge >= 0.3 is 6.01 Å². The van der Waals surface area contributed by atoms with Crippen molar-refractivity contribution in [2.45, 2.75) is 11.3 Å². The quantitative estimate of drug-likeness (QED) is 0.831. The Hall–Kier alpha value is -1.93. The van der Waals surface area contributed by atoms with Gasteiger partial charge < -0.3 is 15.5 Å². The van der Waals surface area contributed by atoms with E-state index in [2.05, 4.69) is 15.5 Å². The fraction of sp³-hybridized carbons (Fsp3) is 0.273. The van der Waals surface area contributed by atoms with Crippen LogP contribution in [-0.2, 0) is 16.3 Å². The number of sulfone groups is 1. The molecular formula is C11H14N4O3S. The highest BCUT2D eigenvalue weighted by Gasteiger charge is 2.08. The third kappa shape index (κ3) is 3.52. The summed E-state index contributed by atoms with van der Waals surface area (Å²) in [5.41, 5.74) is 6.04. The Kier molecular flexibility index (Phi) is 3.82. The van der Waals surface area contributed by atoms with Gasteiger partial charge in [-0.05, 0) is 24.3 Å². The van der Waals surface area contributed by atoms with Gasteiger partial charge in [0, 0.05) is 24.9 Å². The van der Waals surface area contributed by atoms with Crippen molar-refractivity contribution in [3.63, 3.8) is 0 Å². The smallest absolute Gasteiger partial charge is 0.320 e. The summed E-state index contributed by atoms with van der Waals surface area (Å²) in [5, 5.41) is 10.5. The van der Waals surface area contributed by atoms with Gasteiger partial charge in [-0.2, -0.15) is 0 Å². The van der Waals surface area contributed by atoms with Crippen LogP contribution in [0, 0.1) is 0 Å². The van der Waals surface area contributed by atoms with Gasteiger partial charge in [0.2, 0.25) is 5.89 Å². The van der Waals surface area contributed by atoms with Crippen molar-refractivity contribution < 1.29 is 12.8 Å². The molecule has 0 atom stereocenters. The lowest BCUT2D eigenvalue weighted by molar-refractivity contribution is 0.510. The van der Waals surface area contributed by atoms with Gasteiger partial charge in [0.25, 0.3) is 0 Å². The summed E-state index contributed by atoms with van der Waals surface area (Å²) in [7, 11) is -3.19. The second-order valence-electron chi connectivity index (χ2n) is 3.96. The number of benzene rings is 1. The molecule has 0 radical (unpaired) electrons. The molecule has 2 aromatic rings. The summed E-state index contributed by atoms with van der Waals surface area (Å²) in [6.07, 6.45) is 1.67. The summed E-state index contributed by atoms with van der Waals surface area (Å²) in [6, 6.07) is 6.52. The molecule has 102 valence electrons. The molecule has 19 heavy (non-hydrogen) atoms. The van der Waals surface area contributed by atoms with Gasteiger partial charge in [0.1, 0.15) is 0 Å². The monoisotopic (exact) mass is 282 g/mol. The average Bonchev–Trinajstić information content (AvgIpc) is 2.77. The minimum Gasteiger partial charge on any atom is -0.408 e. The van der Waals surface area contributed by atoms with Crippen molar-refractivity contribution in [2.24, 2.45) is 5.73 Å². The maximum atomic E-state index is 11.3. The largest absolute Gasteiger partial charge is 0.408 e. The molecule has 0 fully saturated rings. The first-order valence-electron chi connectivity index (χ1n) is 5.58. The molecule has 1 aromatic carbocycles. The summed E-state index contributed by atoms with van der Waals surface area (Å²) in [4.78, 5) is 0.257. The maximum Gasteiger partial charge on any atom is 0.320 e. The molecule has 0 aliphatic carbocycles. The van der Waals surface area contributed by atoms with Crippen LogP contribution >= 0.6 is 0 Å². The lowest BCUT2D eigenvalue weighted by atomic mass is 10.3. The first-order valence-corrected chi connectivity index (χ1v) is 7.48. The normalized spacial score (nSPS) is 11.5. The summed E-state index contributed by atoms with van der Waals surface area (Å²) < 4.78 is 27.9. The molecule has 0 spiro atoms. The standard InChI is InChI=1S/C11H14N4O3S/c1-19(16,17)9-4-2-8(3-5-9)13-11-15-14-10(18-11)6-7-12/h2-5H,6-7,12H2,1H3,(H,13,15). The Morgan fingerprint density at radius 2 is 1.95 bits per heavy atom. The second kappa shape index (κ2) is 5.37. The molecule has 0 amide bonds. The minimum atomic E-state index is -3.19. The number of nitrogens with two attached hydrogens (primary N) is 1. The van der Waals surface area contributed by atoms with Crippen LogP contribution in [0.3, 0.4) is 0 Å². The Balaban J connectivity index is 2.10. The van der Waals surface area contributed by atoms with Crippen LogP contribution in [0.4, 0.5) is 11.7 Å². The van der Waals surface area contributed by atoms with Crippen LogP contribution in [0.2, 0.25) is 0 Å². The van der Waals surface area contributed by atoms with E-state index in [9.17, 15) is 8.42 Å². The number of rotatable bonds is 5. The molecule has 0 saturated heterocycles. The molecule has 8 heteroatoms. The summed E-state index contributed by atoms with van der Waals surface area (Å²) in [6.45, 7) is 0.435. The van der Waals surface area contributed by atoms with Gasteiger partial charge in [0.15, 0.2) is 9.84 Å². The van der Waals surface area contributed by atoms with Crippen molar-refractivity contribution in [2.75, 3.05) is 18.1 Å². The Labute approximate surface area is 110 Å². The number of hydrogen-bond donors (Lipinski definition) is 2. The zero-order valence-electron chi connectivity index (χ0n) is 10.3. The Bertz CT molecular complexity index is 649. The van der Waals surface area contributed by atoms with Crippen molar-refractivity contribution in [1.82, 2.24) is 10.2 Å². The van der Waals surface area contributed by atoms with Gasteiger partial charge in [-0.3, -0.25) is 0 Å². The molecule has 1 aromatic heterocycles. The summed E-state index contributed by atoms with van der Waals surface area (Å²) in [5.74, 6) is 0.456. The third-order valence-electron chi connectivity index (χ3n) is 2.36. The molecule has 3 N–H and O–H groups in total. The summed E-state index contributed by atoms with van der Waals surface area (Å²) >= 11 is 0. The zero-order chi connectivity index (χ0) is 13.9. The molecule has 7 nitrogen and oxygen atoms in total. The molecular weight excluding hydrogens is 268 g/mol. The van der Waals surface area contributed by atoms with E-state index in [1.807, 2.05) is 0 Å². The van der Waals surface area contributed by atoms with E-state index in [4.69, 9.17) is 10.2 Å². The van der Waals surface area contributed by atoms with E-state index in [1.165, 1.54) is 12.1 Å². The zero-order valence-corrected chi connectivity index (χ0v) is 11.1. The van der Waals surface area contributed by atoms with Crippen LogP contribution in [0.5, 0.6) is 0 Å². The topological polar surface area (TPSA) is 111 Å². The van der Waals surface area contributed by atoms with Crippen molar-refractivity contribution in [3.05, 3.63) is 30.2 Å². The highest BCUT2D eigenvalue weighted by molar-refractivity contribution is 7.90. The van der Waals surface area contributed by atoms with E-state index in [1.54, 1.807) is 12.1 Å². The van der Waals surface area contributed by atoms with Crippen LogP contribution in [0.25, 0.3) is 0 Å². The molecule has 0 unspecified atom stereocenters. The van der Waals surface area contributed by atoms with Gasteiger partial charge in [-0.1, -0.05) is 5.10 Å². The highest BCUT2D eigenvalue weighted by Crippen LogP contribution is 2.18. The van der Waals surface area contributed by atoms with Gasteiger partial charge in [-0.25, -0.2) is 8.42 Å². The molecule has 0 saturated carbocycles. The SMILES string of the molecule is CS(=O)(=O)c1ccc(Nc2nnc(CCN)o2)cc1. The number of anilines is 2. The average molecular weight is 282 g/mol. The van der Waals surface area contributed by atoms with Crippen LogP contribution < -0.4 is 11.1 Å². The lowest BCUT2D eigenvalue weighted by Crippen LogP contribution is -2.02. The maximum absolute atomic E-state index is 11.3. The fourth-order valence-electron chi connectivity index (χ4n) is 1.44. The lowest BCUT2D eigenvalue weighted by Gasteiger charge is -2.02. The molecule has 0 aliphatic heterocycles. The minimum absolute atomic E-state index is 0.246. The van der Waals surface area contributed by atoms with E-state index >= 15 is 0 Å². The molecule has 0 bridgehead atoms. The highest BCUT2D eigenvalue weighted by atomic mass is 32.2. The number of aromatic nitrogens is 2. The predicted molar refractivity (Wildman–Crippen MR) is 69.9 cm³/mol. The van der Waals surface area contributed by atoms with E-state index in [0.29, 0.717) is 24.5 Å². The fourth-order valence-corrected chi connectivity index (χ4v) is 2.07. The van der Waals surface area contributed by atoms with Crippen molar-refractivity contribution in [3.8, 4) is 0 Å². The Morgan fingerprint density at radius 1 is 1.26 bits per heavy atom. The first-order chi connectivity index (χ1) is 8.99. The first kappa shape index (κ1) is 13.5.